The van der Waals surface area contributed by atoms with E-state index >= 15 is 0 Å². The van der Waals surface area contributed by atoms with Crippen LogP contribution in [0, 0.1) is 6.92 Å². The summed E-state index contributed by atoms with van der Waals surface area (Å²) in [5.74, 6) is 0. The molecule has 1 aromatic heterocycles. The van der Waals surface area contributed by atoms with Gasteiger partial charge in [-0.1, -0.05) is 45.0 Å². The maximum atomic E-state index is 11.8. The van der Waals surface area contributed by atoms with E-state index in [0.717, 1.165) is 5.56 Å². The lowest BCUT2D eigenvalue weighted by Crippen LogP contribution is -2.23. The summed E-state index contributed by atoms with van der Waals surface area (Å²) < 4.78 is 1.43. The first-order valence-corrected chi connectivity index (χ1v) is 7.09. The molecule has 4 heteroatoms. The largest absolute Gasteiger partial charge is 0.387 e. The quantitative estimate of drug-likeness (QED) is 0.943. The van der Waals surface area contributed by atoms with Gasteiger partial charge in [-0.15, -0.1) is 0 Å². The number of hydrogen-bond donors (Lipinski definition) is 1. The van der Waals surface area contributed by atoms with E-state index in [2.05, 4.69) is 25.8 Å². The summed E-state index contributed by atoms with van der Waals surface area (Å²) in [6, 6.07) is 9.34. The third-order valence-electron chi connectivity index (χ3n) is 3.55. The molecule has 0 saturated heterocycles. The highest BCUT2D eigenvalue weighted by Crippen LogP contribution is 2.24. The molecular weight excluding hydrogens is 264 g/mol. The van der Waals surface area contributed by atoms with Crippen LogP contribution in [0.5, 0.6) is 0 Å². The van der Waals surface area contributed by atoms with Crippen molar-refractivity contribution in [3.63, 3.8) is 0 Å². The van der Waals surface area contributed by atoms with Crippen molar-refractivity contribution < 1.29 is 5.11 Å². The van der Waals surface area contributed by atoms with Gasteiger partial charge < -0.3 is 5.11 Å². The summed E-state index contributed by atoms with van der Waals surface area (Å²) in [7, 11) is 0. The molecule has 2 rings (SSSR count). The van der Waals surface area contributed by atoms with Crippen molar-refractivity contribution in [2.75, 3.05) is 0 Å². The van der Waals surface area contributed by atoms with Gasteiger partial charge in [0.25, 0.3) is 5.56 Å². The van der Waals surface area contributed by atoms with Crippen LogP contribution in [0.25, 0.3) is 0 Å². The Labute approximate surface area is 125 Å². The first-order chi connectivity index (χ1) is 9.77. The van der Waals surface area contributed by atoms with Crippen molar-refractivity contribution in [3.8, 4) is 0 Å². The van der Waals surface area contributed by atoms with Crippen molar-refractivity contribution in [1.29, 1.82) is 0 Å². The third-order valence-corrected chi connectivity index (χ3v) is 3.55. The molecule has 1 aromatic carbocycles. The summed E-state index contributed by atoms with van der Waals surface area (Å²) in [5, 5.41) is 10.3. The molecule has 0 saturated carbocycles. The standard InChI is InChI=1S/C17H22N2O2/c1-12-9-16(21)19(11-18-12)10-15(20)13-5-7-14(8-6-13)17(2,3)4/h5-9,11,15,20H,10H2,1-4H3. The monoisotopic (exact) mass is 286 g/mol. The molecule has 112 valence electrons. The van der Waals surface area contributed by atoms with Gasteiger partial charge in [0.1, 0.15) is 0 Å². The van der Waals surface area contributed by atoms with Crippen molar-refractivity contribution in [1.82, 2.24) is 9.55 Å². The summed E-state index contributed by atoms with van der Waals surface area (Å²) in [6.45, 7) is 8.43. The number of nitrogens with zero attached hydrogens (tertiary/aromatic N) is 2. The molecule has 0 fully saturated rings. The summed E-state index contributed by atoms with van der Waals surface area (Å²) in [4.78, 5) is 15.9. The molecule has 21 heavy (non-hydrogen) atoms. The topological polar surface area (TPSA) is 55.1 Å². The number of hydrogen-bond acceptors (Lipinski definition) is 3. The predicted molar refractivity (Wildman–Crippen MR) is 83.3 cm³/mol. The summed E-state index contributed by atoms with van der Waals surface area (Å²) in [5.41, 5.74) is 2.64. The number of aliphatic hydroxyl groups excluding tert-OH is 1. The lowest BCUT2D eigenvalue weighted by molar-refractivity contribution is 0.154. The molecule has 1 unspecified atom stereocenters. The zero-order chi connectivity index (χ0) is 15.6. The fourth-order valence-electron chi connectivity index (χ4n) is 2.15. The van der Waals surface area contributed by atoms with Crippen LogP contribution in [-0.2, 0) is 12.0 Å². The number of aromatic nitrogens is 2. The van der Waals surface area contributed by atoms with Crippen LogP contribution in [0.2, 0.25) is 0 Å². The maximum absolute atomic E-state index is 11.8. The highest BCUT2D eigenvalue weighted by molar-refractivity contribution is 5.28. The molecule has 1 N–H and O–H groups in total. The first kappa shape index (κ1) is 15.4. The number of aryl methyl sites for hydroxylation is 1. The normalized spacial score (nSPS) is 13.2. The Bertz CT molecular complexity index is 666. The second-order valence-corrected chi connectivity index (χ2v) is 6.41. The molecule has 1 heterocycles. The Morgan fingerprint density at radius 1 is 1.24 bits per heavy atom. The highest BCUT2D eigenvalue weighted by Gasteiger charge is 2.15. The van der Waals surface area contributed by atoms with Crippen LogP contribution in [0.1, 0.15) is 43.7 Å². The smallest absolute Gasteiger partial charge is 0.253 e. The van der Waals surface area contributed by atoms with Gasteiger partial charge >= 0.3 is 0 Å². The molecule has 0 spiro atoms. The first-order valence-electron chi connectivity index (χ1n) is 7.09. The molecule has 4 nitrogen and oxygen atoms in total. The highest BCUT2D eigenvalue weighted by atomic mass is 16.3. The molecular formula is C17H22N2O2. The number of aliphatic hydroxyl groups is 1. The minimum Gasteiger partial charge on any atom is -0.387 e. The molecule has 0 amide bonds. The Hall–Kier alpha value is -1.94. The molecule has 2 aromatic rings. The van der Waals surface area contributed by atoms with Gasteiger partial charge in [0, 0.05) is 11.8 Å². The van der Waals surface area contributed by atoms with E-state index in [1.165, 1.54) is 22.5 Å². The molecule has 0 aliphatic carbocycles. The van der Waals surface area contributed by atoms with Gasteiger partial charge in [-0.2, -0.15) is 0 Å². The van der Waals surface area contributed by atoms with Gasteiger partial charge in [0.15, 0.2) is 0 Å². The molecule has 0 aliphatic rings. The molecule has 0 radical (unpaired) electrons. The van der Waals surface area contributed by atoms with E-state index in [1.807, 2.05) is 24.3 Å². The van der Waals surface area contributed by atoms with E-state index in [1.54, 1.807) is 6.92 Å². The van der Waals surface area contributed by atoms with Gasteiger partial charge in [0.2, 0.25) is 0 Å². The van der Waals surface area contributed by atoms with Crippen molar-refractivity contribution >= 4 is 0 Å². The van der Waals surface area contributed by atoms with Crippen molar-refractivity contribution in [3.05, 3.63) is 63.8 Å². The molecule has 1 atom stereocenters. The third kappa shape index (κ3) is 3.79. The zero-order valence-electron chi connectivity index (χ0n) is 13.0. The Kier molecular flexibility index (Phi) is 4.28. The van der Waals surface area contributed by atoms with Gasteiger partial charge in [-0.05, 0) is 23.5 Å². The van der Waals surface area contributed by atoms with Crippen LogP contribution in [0.15, 0.2) is 41.5 Å². The van der Waals surface area contributed by atoms with Gasteiger partial charge in [-0.3, -0.25) is 9.36 Å². The van der Waals surface area contributed by atoms with Crippen LogP contribution in [0.4, 0.5) is 0 Å². The predicted octanol–water partition coefficient (Wildman–Crippen LogP) is 2.58. The number of rotatable bonds is 3. The van der Waals surface area contributed by atoms with Crippen LogP contribution < -0.4 is 5.56 Å². The fourth-order valence-corrected chi connectivity index (χ4v) is 2.15. The van der Waals surface area contributed by atoms with Crippen LogP contribution in [-0.4, -0.2) is 14.7 Å². The van der Waals surface area contributed by atoms with Crippen LogP contribution >= 0.6 is 0 Å². The Morgan fingerprint density at radius 3 is 2.38 bits per heavy atom. The van der Waals surface area contributed by atoms with Crippen LogP contribution in [0.3, 0.4) is 0 Å². The number of benzene rings is 1. The second-order valence-electron chi connectivity index (χ2n) is 6.41. The lowest BCUT2D eigenvalue weighted by Gasteiger charge is -2.20. The SMILES string of the molecule is Cc1cc(=O)n(CC(O)c2ccc(C(C)(C)C)cc2)cn1. The van der Waals surface area contributed by atoms with E-state index in [-0.39, 0.29) is 17.5 Å². The maximum Gasteiger partial charge on any atom is 0.253 e. The summed E-state index contributed by atoms with van der Waals surface area (Å²) in [6.07, 6.45) is 0.756. The van der Waals surface area contributed by atoms with E-state index < -0.39 is 6.10 Å². The molecule has 0 bridgehead atoms. The minimum absolute atomic E-state index is 0.0846. The van der Waals surface area contributed by atoms with E-state index in [4.69, 9.17) is 0 Å². The average Bonchev–Trinajstić information content (AvgIpc) is 2.41. The van der Waals surface area contributed by atoms with Gasteiger partial charge in [-0.25, -0.2) is 4.98 Å². The molecule has 0 aliphatic heterocycles. The fraction of sp³-hybridized carbons (Fsp3) is 0.412. The Morgan fingerprint density at radius 2 is 1.86 bits per heavy atom. The minimum atomic E-state index is -0.721. The summed E-state index contributed by atoms with van der Waals surface area (Å²) >= 11 is 0. The lowest BCUT2D eigenvalue weighted by atomic mass is 9.86. The van der Waals surface area contributed by atoms with Crippen molar-refractivity contribution in [2.45, 2.75) is 45.8 Å². The average molecular weight is 286 g/mol. The van der Waals surface area contributed by atoms with Crippen molar-refractivity contribution in [2.24, 2.45) is 0 Å². The van der Waals surface area contributed by atoms with Gasteiger partial charge in [0.05, 0.1) is 19.0 Å². The Balaban J connectivity index is 2.17. The van der Waals surface area contributed by atoms with E-state index in [0.29, 0.717) is 5.69 Å². The van der Waals surface area contributed by atoms with E-state index in [9.17, 15) is 9.90 Å². The zero-order valence-corrected chi connectivity index (χ0v) is 13.0. The second kappa shape index (κ2) is 5.82.